The number of carbonyl (C=O) groups is 2. The summed E-state index contributed by atoms with van der Waals surface area (Å²) in [7, 11) is 0. The van der Waals surface area contributed by atoms with Crippen LogP contribution in [0.3, 0.4) is 0 Å². The Kier molecular flexibility index (Phi) is 4.23. The molecule has 3 heterocycles. The maximum atomic E-state index is 13.1. The summed E-state index contributed by atoms with van der Waals surface area (Å²) in [6.07, 6.45) is 6.93. The number of aromatic nitrogens is 1. The van der Waals surface area contributed by atoms with Gasteiger partial charge in [0.05, 0.1) is 11.5 Å². The zero-order valence-electron chi connectivity index (χ0n) is 14.4. The molecule has 0 bridgehead atoms. The van der Waals surface area contributed by atoms with Crippen molar-refractivity contribution < 1.29 is 14.7 Å². The second kappa shape index (κ2) is 6.41. The van der Waals surface area contributed by atoms with E-state index >= 15 is 0 Å². The number of amides is 2. The van der Waals surface area contributed by atoms with Gasteiger partial charge in [0.1, 0.15) is 0 Å². The van der Waals surface area contributed by atoms with Crippen LogP contribution >= 0.6 is 0 Å². The van der Waals surface area contributed by atoms with Crippen molar-refractivity contribution in [3.63, 3.8) is 0 Å². The lowest BCUT2D eigenvalue weighted by Crippen LogP contribution is -2.53. The summed E-state index contributed by atoms with van der Waals surface area (Å²) in [6, 6.07) is 3.88. The predicted molar refractivity (Wildman–Crippen MR) is 91.2 cm³/mol. The van der Waals surface area contributed by atoms with Gasteiger partial charge in [-0.2, -0.15) is 0 Å². The fraction of sp³-hybridized carbons (Fsp3) is 0.632. The molecule has 25 heavy (non-hydrogen) atoms. The lowest BCUT2D eigenvalue weighted by molar-refractivity contribution is -0.150. The molecule has 0 aromatic carbocycles. The van der Waals surface area contributed by atoms with Gasteiger partial charge < -0.3 is 14.9 Å². The zero-order chi connectivity index (χ0) is 17.4. The van der Waals surface area contributed by atoms with Crippen molar-refractivity contribution in [2.45, 2.75) is 44.8 Å². The maximum absolute atomic E-state index is 13.1. The van der Waals surface area contributed by atoms with Gasteiger partial charge in [0.15, 0.2) is 0 Å². The zero-order valence-corrected chi connectivity index (χ0v) is 14.4. The maximum Gasteiger partial charge on any atom is 0.230 e. The predicted octanol–water partition coefficient (Wildman–Crippen LogP) is 1.19. The monoisotopic (exact) mass is 343 g/mol. The minimum Gasteiger partial charge on any atom is -0.393 e. The highest BCUT2D eigenvalue weighted by Crippen LogP contribution is 2.42. The van der Waals surface area contributed by atoms with Gasteiger partial charge in [0.25, 0.3) is 0 Å². The fourth-order valence-corrected chi connectivity index (χ4v) is 4.50. The van der Waals surface area contributed by atoms with Crippen LogP contribution in [0.4, 0.5) is 0 Å². The first kappa shape index (κ1) is 16.5. The van der Waals surface area contributed by atoms with Gasteiger partial charge in [-0.25, -0.2) is 0 Å². The molecule has 6 heteroatoms. The minimum absolute atomic E-state index is 0.0480. The summed E-state index contributed by atoms with van der Waals surface area (Å²) in [5.74, 6) is 0.263. The SMILES string of the molecule is O=C(C1CC(O)C1)N1CCC[C@]2(CCN(Cc3cccnc3)C2=O)C1. The van der Waals surface area contributed by atoms with E-state index in [1.807, 2.05) is 21.9 Å². The first-order valence-electron chi connectivity index (χ1n) is 9.22. The van der Waals surface area contributed by atoms with E-state index in [-0.39, 0.29) is 23.8 Å². The van der Waals surface area contributed by atoms with E-state index in [1.165, 1.54) is 0 Å². The van der Waals surface area contributed by atoms with E-state index in [0.29, 0.717) is 25.9 Å². The molecular weight excluding hydrogens is 318 g/mol. The van der Waals surface area contributed by atoms with Crippen molar-refractivity contribution in [1.29, 1.82) is 0 Å². The van der Waals surface area contributed by atoms with Crippen LogP contribution in [0.2, 0.25) is 0 Å². The number of pyridine rings is 1. The summed E-state index contributed by atoms with van der Waals surface area (Å²) in [5, 5.41) is 9.45. The second-order valence-electron chi connectivity index (χ2n) is 7.80. The van der Waals surface area contributed by atoms with Crippen LogP contribution in [0, 0.1) is 11.3 Å². The summed E-state index contributed by atoms with van der Waals surface area (Å²) < 4.78 is 0. The molecule has 0 radical (unpaired) electrons. The average molecular weight is 343 g/mol. The molecule has 1 aromatic rings. The standard InChI is InChI=1S/C19H25N3O3/c23-16-9-15(10-16)17(24)22-7-2-4-19(13-22)5-8-21(18(19)25)12-14-3-1-6-20-11-14/h1,3,6,11,15-16,23H,2,4-5,7-10,12-13H2/t15?,16?,19-/m0/s1. The summed E-state index contributed by atoms with van der Waals surface area (Å²) in [5.41, 5.74) is 0.637. The van der Waals surface area contributed by atoms with Gasteiger partial charge in [-0.1, -0.05) is 6.07 Å². The third-order valence-corrected chi connectivity index (χ3v) is 6.05. The number of carbonyl (C=O) groups excluding carboxylic acids is 2. The quantitative estimate of drug-likeness (QED) is 0.895. The lowest BCUT2D eigenvalue weighted by atomic mass is 9.76. The Hall–Kier alpha value is -1.95. The Bertz CT molecular complexity index is 659. The van der Waals surface area contributed by atoms with E-state index in [0.717, 1.165) is 37.9 Å². The van der Waals surface area contributed by atoms with Gasteiger partial charge in [-0.15, -0.1) is 0 Å². The van der Waals surface area contributed by atoms with Crippen molar-refractivity contribution in [2.75, 3.05) is 19.6 Å². The first-order valence-corrected chi connectivity index (χ1v) is 9.22. The molecule has 1 N–H and O–H groups in total. The van der Waals surface area contributed by atoms with E-state index in [2.05, 4.69) is 4.98 Å². The van der Waals surface area contributed by atoms with Crippen molar-refractivity contribution in [1.82, 2.24) is 14.8 Å². The molecule has 2 saturated heterocycles. The van der Waals surface area contributed by atoms with Crippen molar-refractivity contribution >= 4 is 11.8 Å². The molecule has 1 spiro atoms. The molecule has 134 valence electrons. The Labute approximate surface area is 147 Å². The topological polar surface area (TPSA) is 73.7 Å². The van der Waals surface area contributed by atoms with Crippen LogP contribution in [0.15, 0.2) is 24.5 Å². The number of aliphatic hydroxyl groups excluding tert-OH is 1. The highest BCUT2D eigenvalue weighted by molar-refractivity contribution is 5.87. The third-order valence-electron chi connectivity index (χ3n) is 6.05. The van der Waals surface area contributed by atoms with Gasteiger partial charge in [0.2, 0.25) is 11.8 Å². The van der Waals surface area contributed by atoms with Crippen LogP contribution in [0.25, 0.3) is 0 Å². The van der Waals surface area contributed by atoms with Gasteiger partial charge in [0, 0.05) is 44.5 Å². The van der Waals surface area contributed by atoms with Crippen molar-refractivity contribution in [3.8, 4) is 0 Å². The van der Waals surface area contributed by atoms with E-state index in [4.69, 9.17) is 0 Å². The van der Waals surface area contributed by atoms with Crippen LogP contribution in [0.1, 0.15) is 37.7 Å². The van der Waals surface area contributed by atoms with E-state index < -0.39 is 5.41 Å². The minimum atomic E-state index is -0.404. The van der Waals surface area contributed by atoms with Crippen LogP contribution < -0.4 is 0 Å². The Morgan fingerprint density at radius 1 is 1.32 bits per heavy atom. The number of likely N-dealkylation sites (tertiary alicyclic amines) is 2. The molecule has 1 aromatic heterocycles. The van der Waals surface area contributed by atoms with E-state index in [9.17, 15) is 14.7 Å². The number of rotatable bonds is 3. The highest BCUT2D eigenvalue weighted by atomic mass is 16.3. The molecule has 3 fully saturated rings. The third kappa shape index (κ3) is 3.03. The number of aliphatic hydroxyl groups is 1. The number of hydrogen-bond donors (Lipinski definition) is 1. The number of piperidine rings is 1. The van der Waals surface area contributed by atoms with Crippen molar-refractivity contribution in [2.24, 2.45) is 11.3 Å². The van der Waals surface area contributed by atoms with Gasteiger partial charge in [-0.3, -0.25) is 14.6 Å². The normalized spacial score (nSPS) is 32.1. The molecule has 3 aliphatic rings. The fourth-order valence-electron chi connectivity index (χ4n) is 4.50. The van der Waals surface area contributed by atoms with E-state index in [1.54, 1.807) is 12.4 Å². The molecule has 1 atom stereocenters. The van der Waals surface area contributed by atoms with Gasteiger partial charge >= 0.3 is 0 Å². The second-order valence-corrected chi connectivity index (χ2v) is 7.80. The highest BCUT2D eigenvalue weighted by Gasteiger charge is 2.50. The van der Waals surface area contributed by atoms with Crippen LogP contribution in [-0.2, 0) is 16.1 Å². The molecule has 4 rings (SSSR count). The summed E-state index contributed by atoms with van der Waals surface area (Å²) in [4.78, 5) is 33.6. The molecule has 0 unspecified atom stereocenters. The molecule has 1 saturated carbocycles. The number of hydrogen-bond acceptors (Lipinski definition) is 4. The summed E-state index contributed by atoms with van der Waals surface area (Å²) >= 11 is 0. The average Bonchev–Trinajstić information content (AvgIpc) is 2.89. The molecule has 1 aliphatic carbocycles. The molecule has 2 amide bonds. The largest absolute Gasteiger partial charge is 0.393 e. The summed E-state index contributed by atoms with van der Waals surface area (Å²) in [6.45, 7) is 2.62. The molecule has 6 nitrogen and oxygen atoms in total. The Morgan fingerprint density at radius 3 is 2.88 bits per heavy atom. The van der Waals surface area contributed by atoms with Gasteiger partial charge in [-0.05, 0) is 43.7 Å². The molecular formula is C19H25N3O3. The van der Waals surface area contributed by atoms with Crippen molar-refractivity contribution in [3.05, 3.63) is 30.1 Å². The van der Waals surface area contributed by atoms with Crippen LogP contribution in [-0.4, -0.2) is 57.4 Å². The Morgan fingerprint density at radius 2 is 2.16 bits per heavy atom. The number of nitrogens with zero attached hydrogens (tertiary/aromatic N) is 3. The lowest BCUT2D eigenvalue weighted by Gasteiger charge is -2.42. The molecule has 2 aliphatic heterocycles. The Balaban J connectivity index is 1.43. The smallest absolute Gasteiger partial charge is 0.230 e. The van der Waals surface area contributed by atoms with Crippen LogP contribution in [0.5, 0.6) is 0 Å². The first-order chi connectivity index (χ1) is 12.1.